The zero-order chi connectivity index (χ0) is 10.0. The summed E-state index contributed by atoms with van der Waals surface area (Å²) in [5.74, 6) is -0.947. The first-order valence-electron chi connectivity index (χ1n) is 3.39. The van der Waals surface area contributed by atoms with E-state index in [1.165, 1.54) is 0 Å². The lowest BCUT2D eigenvalue weighted by Crippen LogP contribution is -2.07. The predicted molar refractivity (Wildman–Crippen MR) is 49.8 cm³/mol. The molecule has 0 radical (unpaired) electrons. The third kappa shape index (κ3) is 2.11. The maximum atomic E-state index is 13.2. The number of halogens is 4. The minimum Gasteiger partial charge on any atom is -0.326 e. The molecule has 0 fully saturated rings. The number of nitrogens with two attached hydrogens (primary N) is 1. The Labute approximate surface area is 86.5 Å². The molecule has 0 amide bonds. The Morgan fingerprint density at radius 3 is 2.62 bits per heavy atom. The topological polar surface area (TPSA) is 38.9 Å². The molecule has 6 heteroatoms. The Morgan fingerprint density at radius 1 is 1.54 bits per heavy atom. The summed E-state index contributed by atoms with van der Waals surface area (Å²) in [5, 5.41) is 0. The Bertz CT molecular complexity index is 317. The van der Waals surface area contributed by atoms with Gasteiger partial charge >= 0.3 is 0 Å². The monoisotopic (exact) mass is 302 g/mol. The summed E-state index contributed by atoms with van der Waals surface area (Å²) in [4.78, 5) is 3.62. The van der Waals surface area contributed by atoms with E-state index >= 15 is 0 Å². The van der Waals surface area contributed by atoms with Crippen LogP contribution in [0.5, 0.6) is 0 Å². The summed E-state index contributed by atoms with van der Waals surface area (Å²) in [7, 11) is 0. The minimum absolute atomic E-state index is 0.0402. The van der Waals surface area contributed by atoms with Crippen molar-refractivity contribution in [3.8, 4) is 0 Å². The van der Waals surface area contributed by atoms with Gasteiger partial charge in [0.1, 0.15) is 9.52 Å². The summed E-state index contributed by atoms with van der Waals surface area (Å²) in [6.07, 6.45) is -2.02. The molecule has 0 saturated carbocycles. The van der Waals surface area contributed by atoms with Crippen LogP contribution in [-0.4, -0.2) is 4.98 Å². The van der Waals surface area contributed by atoms with E-state index in [9.17, 15) is 13.2 Å². The highest BCUT2D eigenvalue weighted by atomic mass is 127. The van der Waals surface area contributed by atoms with E-state index in [-0.39, 0.29) is 12.1 Å². The molecule has 1 aromatic rings. The Hall–Kier alpha value is -0.370. The lowest BCUT2D eigenvalue weighted by atomic mass is 10.2. The van der Waals surface area contributed by atoms with Crippen LogP contribution in [0.25, 0.3) is 0 Å². The third-order valence-electron chi connectivity index (χ3n) is 1.52. The molecule has 0 aliphatic carbocycles. The first-order valence-corrected chi connectivity index (χ1v) is 4.46. The van der Waals surface area contributed by atoms with E-state index in [2.05, 4.69) is 4.98 Å². The van der Waals surface area contributed by atoms with Crippen molar-refractivity contribution in [2.45, 2.75) is 13.0 Å². The van der Waals surface area contributed by atoms with E-state index in [1.54, 1.807) is 22.6 Å². The van der Waals surface area contributed by atoms with E-state index < -0.39 is 17.8 Å². The Morgan fingerprint density at radius 2 is 2.15 bits per heavy atom. The highest BCUT2D eigenvalue weighted by molar-refractivity contribution is 14.1. The number of hydrogen-bond donors (Lipinski definition) is 1. The van der Waals surface area contributed by atoms with Gasteiger partial charge in [-0.3, -0.25) is 0 Å². The third-order valence-corrected chi connectivity index (χ3v) is 2.45. The second-order valence-corrected chi connectivity index (χ2v) is 3.32. The van der Waals surface area contributed by atoms with Crippen molar-refractivity contribution in [3.05, 3.63) is 26.8 Å². The molecule has 0 aliphatic rings. The normalized spacial score (nSPS) is 10.9. The molecule has 0 atom stereocenters. The summed E-state index contributed by atoms with van der Waals surface area (Å²) < 4.78 is 37.8. The first kappa shape index (κ1) is 10.7. The van der Waals surface area contributed by atoms with Gasteiger partial charge in [0.2, 0.25) is 0 Å². The zero-order valence-corrected chi connectivity index (χ0v) is 8.56. The van der Waals surface area contributed by atoms with Crippen LogP contribution in [0.1, 0.15) is 17.6 Å². The molecule has 0 saturated heterocycles. The van der Waals surface area contributed by atoms with Gasteiger partial charge in [0.25, 0.3) is 6.43 Å². The Kier molecular flexibility index (Phi) is 3.48. The van der Waals surface area contributed by atoms with Crippen molar-refractivity contribution in [2.75, 3.05) is 0 Å². The average molecular weight is 302 g/mol. The molecule has 0 aromatic carbocycles. The number of rotatable bonds is 2. The van der Waals surface area contributed by atoms with Gasteiger partial charge < -0.3 is 5.73 Å². The van der Waals surface area contributed by atoms with Crippen LogP contribution in [0.15, 0.2) is 6.20 Å². The first-order chi connectivity index (χ1) is 6.07. The van der Waals surface area contributed by atoms with Crippen molar-refractivity contribution in [1.29, 1.82) is 0 Å². The molecule has 0 unspecified atom stereocenters. The smallest absolute Gasteiger partial charge is 0.268 e. The van der Waals surface area contributed by atoms with Crippen LogP contribution in [0.2, 0.25) is 0 Å². The summed E-state index contributed by atoms with van der Waals surface area (Å²) in [5.41, 5.74) is 4.54. The summed E-state index contributed by atoms with van der Waals surface area (Å²) >= 11 is 1.75. The van der Waals surface area contributed by atoms with E-state index in [0.29, 0.717) is 3.70 Å². The van der Waals surface area contributed by atoms with Crippen molar-refractivity contribution in [1.82, 2.24) is 4.98 Å². The number of hydrogen-bond acceptors (Lipinski definition) is 2. The maximum absolute atomic E-state index is 13.2. The highest BCUT2D eigenvalue weighted by Gasteiger charge is 2.18. The fraction of sp³-hybridized carbons (Fsp3) is 0.286. The summed E-state index contributed by atoms with van der Waals surface area (Å²) in [6.45, 7) is -0.127. The molecule has 1 heterocycles. The number of aromatic nitrogens is 1. The maximum Gasteiger partial charge on any atom is 0.268 e. The minimum atomic E-state index is -2.85. The van der Waals surface area contributed by atoms with Crippen LogP contribution >= 0.6 is 22.6 Å². The predicted octanol–water partition coefficient (Wildman–Crippen LogP) is 2.22. The van der Waals surface area contributed by atoms with Gasteiger partial charge in [0.05, 0.1) is 5.56 Å². The Balaban J connectivity index is 3.27. The van der Waals surface area contributed by atoms with Crippen LogP contribution in [0.3, 0.4) is 0 Å². The van der Waals surface area contributed by atoms with Crippen LogP contribution in [-0.2, 0) is 6.54 Å². The van der Waals surface area contributed by atoms with Gasteiger partial charge in [0.15, 0.2) is 0 Å². The number of pyridine rings is 1. The number of alkyl halides is 2. The van der Waals surface area contributed by atoms with Crippen molar-refractivity contribution >= 4 is 22.6 Å². The van der Waals surface area contributed by atoms with E-state index in [1.807, 2.05) is 0 Å². The van der Waals surface area contributed by atoms with Crippen molar-refractivity contribution < 1.29 is 13.2 Å². The van der Waals surface area contributed by atoms with Gasteiger partial charge in [-0.25, -0.2) is 18.2 Å². The largest absolute Gasteiger partial charge is 0.326 e. The average Bonchev–Trinajstić information content (AvgIpc) is 2.04. The van der Waals surface area contributed by atoms with Crippen molar-refractivity contribution in [2.24, 2.45) is 5.73 Å². The van der Waals surface area contributed by atoms with E-state index in [4.69, 9.17) is 5.73 Å². The van der Waals surface area contributed by atoms with Crippen LogP contribution in [0, 0.1) is 9.52 Å². The van der Waals surface area contributed by atoms with E-state index in [0.717, 1.165) is 6.20 Å². The van der Waals surface area contributed by atoms with Gasteiger partial charge in [-0.15, -0.1) is 0 Å². The quantitative estimate of drug-likeness (QED) is 0.672. The second kappa shape index (κ2) is 4.23. The fourth-order valence-corrected chi connectivity index (χ4v) is 1.45. The fourth-order valence-electron chi connectivity index (χ4n) is 0.852. The zero-order valence-electron chi connectivity index (χ0n) is 6.40. The molecule has 1 rings (SSSR count). The molecule has 2 N–H and O–H groups in total. The van der Waals surface area contributed by atoms with Crippen LogP contribution in [0.4, 0.5) is 13.2 Å². The molecule has 0 spiro atoms. The molecule has 13 heavy (non-hydrogen) atoms. The standard InChI is InChI=1S/C7H6F3IN2/c8-5-3(1-12)7(11)13-2-4(5)6(9)10/h2,6H,1,12H2. The molecule has 2 nitrogen and oxygen atoms in total. The lowest BCUT2D eigenvalue weighted by Gasteiger charge is -2.06. The van der Waals surface area contributed by atoms with Crippen molar-refractivity contribution in [3.63, 3.8) is 0 Å². The SMILES string of the molecule is NCc1c(I)ncc(C(F)F)c1F. The highest BCUT2D eigenvalue weighted by Crippen LogP contribution is 2.25. The summed E-state index contributed by atoms with van der Waals surface area (Å²) in [6, 6.07) is 0. The number of nitrogens with zero attached hydrogens (tertiary/aromatic N) is 1. The van der Waals surface area contributed by atoms with Gasteiger partial charge in [-0.05, 0) is 22.6 Å². The van der Waals surface area contributed by atoms with Gasteiger partial charge in [0, 0.05) is 18.3 Å². The second-order valence-electron chi connectivity index (χ2n) is 2.30. The molecule has 1 aromatic heterocycles. The van der Waals surface area contributed by atoms with Gasteiger partial charge in [-0.2, -0.15) is 0 Å². The molecule has 0 bridgehead atoms. The van der Waals surface area contributed by atoms with Gasteiger partial charge in [-0.1, -0.05) is 0 Å². The molecular weight excluding hydrogens is 296 g/mol. The van der Waals surface area contributed by atoms with Crippen LogP contribution < -0.4 is 5.73 Å². The molecule has 72 valence electrons. The molecule has 0 aliphatic heterocycles. The molecular formula is C7H6F3IN2. The lowest BCUT2D eigenvalue weighted by molar-refractivity contribution is 0.145.